The van der Waals surface area contributed by atoms with E-state index in [-0.39, 0.29) is 30.2 Å². The maximum Gasteiger partial charge on any atom is 0.265 e. The molecule has 0 spiro atoms. The quantitative estimate of drug-likeness (QED) is 0.391. The highest BCUT2D eigenvalue weighted by Crippen LogP contribution is 2.35. The molecule has 8 nitrogen and oxygen atoms in total. The van der Waals surface area contributed by atoms with Crippen molar-refractivity contribution in [1.82, 2.24) is 14.9 Å². The molecule has 12 heteroatoms. The van der Waals surface area contributed by atoms with Gasteiger partial charge in [-0.15, -0.1) is 0 Å². The predicted octanol–water partition coefficient (Wildman–Crippen LogP) is 3.73. The molecular weight excluding hydrogens is 447 g/mol. The van der Waals surface area contributed by atoms with E-state index in [0.717, 1.165) is 29.5 Å². The molecule has 0 radical (unpaired) electrons. The number of halogens is 4. The van der Waals surface area contributed by atoms with Crippen molar-refractivity contribution in [1.29, 1.82) is 10.8 Å². The lowest BCUT2D eigenvalue weighted by molar-refractivity contribution is -0.0897. The number of nitrogen functional groups attached to an aromatic ring is 1. The summed E-state index contributed by atoms with van der Waals surface area (Å²) in [5.74, 6) is -4.73. The van der Waals surface area contributed by atoms with Gasteiger partial charge in [0.25, 0.3) is 11.8 Å². The number of likely N-dealkylation sites (tertiary alicyclic amines) is 1. The summed E-state index contributed by atoms with van der Waals surface area (Å²) in [7, 11) is 0. The molecular formula is C20H23ClF3N7O. The zero-order chi connectivity index (χ0) is 23.9. The van der Waals surface area contributed by atoms with Crippen molar-refractivity contribution in [3.05, 3.63) is 47.0 Å². The van der Waals surface area contributed by atoms with Crippen LogP contribution in [0.2, 0.25) is 5.02 Å². The number of carbonyl (C=O) groups excluding carboxylic acids is 1. The van der Waals surface area contributed by atoms with Crippen molar-refractivity contribution in [2.24, 2.45) is 5.92 Å². The van der Waals surface area contributed by atoms with Crippen LogP contribution >= 0.6 is 11.6 Å². The van der Waals surface area contributed by atoms with Crippen LogP contribution in [0.5, 0.6) is 0 Å². The minimum Gasteiger partial charge on any atom is -0.398 e. The van der Waals surface area contributed by atoms with E-state index in [1.54, 1.807) is 6.92 Å². The van der Waals surface area contributed by atoms with Gasteiger partial charge in [-0.05, 0) is 24.1 Å². The summed E-state index contributed by atoms with van der Waals surface area (Å²) in [5.41, 5.74) is 5.66. The van der Waals surface area contributed by atoms with E-state index in [2.05, 4.69) is 15.3 Å². The molecule has 1 saturated heterocycles. The Hall–Kier alpha value is -3.21. The van der Waals surface area contributed by atoms with Gasteiger partial charge in [-0.2, -0.15) is 0 Å². The zero-order valence-corrected chi connectivity index (χ0v) is 17.9. The molecule has 1 amide bonds. The molecule has 0 bridgehead atoms. The topological polar surface area (TPSA) is 132 Å². The van der Waals surface area contributed by atoms with Crippen molar-refractivity contribution in [2.75, 3.05) is 24.1 Å². The summed E-state index contributed by atoms with van der Waals surface area (Å²) in [4.78, 5) is 22.0. The first-order valence-electron chi connectivity index (χ1n) is 9.52. The third-order valence-electron chi connectivity index (χ3n) is 4.76. The Morgan fingerprint density at radius 1 is 1.34 bits per heavy atom. The minimum absolute atomic E-state index is 0.0284. The van der Waals surface area contributed by atoms with Crippen molar-refractivity contribution in [3.8, 4) is 0 Å². The fourth-order valence-corrected chi connectivity index (χ4v) is 3.44. The molecule has 2 unspecified atom stereocenters. The smallest absolute Gasteiger partial charge is 0.265 e. The molecule has 1 fully saturated rings. The number of nitrogens with zero attached hydrogens (tertiary/aromatic N) is 3. The number of amides is 1. The molecule has 1 aliphatic rings. The number of nitrogens with one attached hydrogen (secondary N) is 3. The first-order valence-corrected chi connectivity index (χ1v) is 9.90. The van der Waals surface area contributed by atoms with Crippen LogP contribution in [-0.2, 0) is 0 Å². The monoisotopic (exact) mass is 469 g/mol. The number of nitrogens with two attached hydrogens (primary N) is 1. The molecule has 2 heterocycles. The maximum atomic E-state index is 14.2. The number of aromatic nitrogens is 2. The second kappa shape index (κ2) is 10.9. The number of hydrogen-bond acceptors (Lipinski definition) is 7. The van der Waals surface area contributed by atoms with Crippen molar-refractivity contribution in [3.63, 3.8) is 0 Å². The number of hydrogen-bond donors (Lipinski definition) is 4. The molecule has 32 heavy (non-hydrogen) atoms. The molecule has 5 N–H and O–H groups in total. The van der Waals surface area contributed by atoms with Crippen LogP contribution in [0.4, 0.5) is 24.8 Å². The first-order chi connectivity index (χ1) is 15.1. The predicted molar refractivity (Wildman–Crippen MR) is 117 cm³/mol. The molecule has 0 aliphatic carbocycles. The molecule has 3 rings (SSSR count). The second-order valence-electron chi connectivity index (χ2n) is 7.21. The van der Waals surface area contributed by atoms with Crippen LogP contribution in [0.1, 0.15) is 23.7 Å². The number of rotatable bonds is 5. The van der Waals surface area contributed by atoms with Crippen LogP contribution in [0.15, 0.2) is 30.6 Å². The summed E-state index contributed by atoms with van der Waals surface area (Å²) in [6.45, 7) is 0.997. The molecule has 1 aromatic heterocycles. The van der Waals surface area contributed by atoms with E-state index in [9.17, 15) is 18.0 Å². The van der Waals surface area contributed by atoms with Crippen molar-refractivity contribution >= 4 is 41.6 Å². The van der Waals surface area contributed by atoms with Crippen LogP contribution in [-0.4, -0.2) is 58.3 Å². The normalized spacial score (nSPS) is 19.3. The Morgan fingerprint density at radius 3 is 2.56 bits per heavy atom. The van der Waals surface area contributed by atoms with Crippen molar-refractivity contribution < 1.29 is 18.0 Å². The Bertz CT molecular complexity index is 953. The number of anilines is 2. The molecule has 2 aromatic rings. The minimum atomic E-state index is -3.05. The maximum absolute atomic E-state index is 14.2. The number of benzene rings is 1. The van der Waals surface area contributed by atoms with E-state index in [1.807, 2.05) is 0 Å². The highest BCUT2D eigenvalue weighted by Gasteiger charge is 2.46. The van der Waals surface area contributed by atoms with Crippen LogP contribution in [0.3, 0.4) is 0 Å². The van der Waals surface area contributed by atoms with E-state index < -0.39 is 36.2 Å². The average Bonchev–Trinajstić information content (AvgIpc) is 2.74. The average molecular weight is 470 g/mol. The molecule has 1 aromatic carbocycles. The fraction of sp³-hybridized carbons (Fsp3) is 0.350. The van der Waals surface area contributed by atoms with Crippen LogP contribution < -0.4 is 11.1 Å². The second-order valence-corrected chi connectivity index (χ2v) is 7.64. The summed E-state index contributed by atoms with van der Waals surface area (Å²) in [6.07, 6.45) is 4.25. The van der Waals surface area contributed by atoms with Gasteiger partial charge in [0.2, 0.25) is 5.95 Å². The SMILES string of the molecule is CC1CC(F)(F)CN(C(=O)c2cc(F)ccc2N)C1CNc1ncc(Cl)cn1.N=CC=N. The van der Waals surface area contributed by atoms with Crippen LogP contribution in [0, 0.1) is 22.6 Å². The molecule has 0 saturated carbocycles. The highest BCUT2D eigenvalue weighted by molar-refractivity contribution is 6.30. The Balaban J connectivity index is 0.000000837. The Morgan fingerprint density at radius 2 is 1.97 bits per heavy atom. The van der Waals surface area contributed by atoms with Crippen molar-refractivity contribution in [2.45, 2.75) is 25.3 Å². The lowest BCUT2D eigenvalue weighted by Gasteiger charge is -2.43. The van der Waals surface area contributed by atoms with E-state index in [1.165, 1.54) is 18.5 Å². The third-order valence-corrected chi connectivity index (χ3v) is 4.95. The van der Waals surface area contributed by atoms with Gasteiger partial charge in [0.1, 0.15) is 5.82 Å². The summed E-state index contributed by atoms with van der Waals surface area (Å²) in [5, 5.41) is 15.5. The molecule has 2 atom stereocenters. The van der Waals surface area contributed by atoms with Gasteiger partial charge in [-0.25, -0.2) is 23.1 Å². The fourth-order valence-electron chi connectivity index (χ4n) is 3.35. The summed E-state index contributed by atoms with van der Waals surface area (Å²) < 4.78 is 42.0. The third kappa shape index (κ3) is 6.64. The molecule has 172 valence electrons. The highest BCUT2D eigenvalue weighted by atomic mass is 35.5. The zero-order valence-electron chi connectivity index (χ0n) is 17.2. The summed E-state index contributed by atoms with van der Waals surface area (Å²) in [6, 6.07) is 2.72. The van der Waals surface area contributed by atoms with Gasteiger partial charge in [-0.1, -0.05) is 18.5 Å². The largest absolute Gasteiger partial charge is 0.398 e. The van der Waals surface area contributed by atoms with Gasteiger partial charge in [-0.3, -0.25) is 4.79 Å². The van der Waals surface area contributed by atoms with E-state index >= 15 is 0 Å². The Kier molecular flexibility index (Phi) is 8.53. The van der Waals surface area contributed by atoms with Gasteiger partial charge in [0, 0.05) is 31.1 Å². The van der Waals surface area contributed by atoms with E-state index in [4.69, 9.17) is 28.2 Å². The lowest BCUT2D eigenvalue weighted by atomic mass is 9.87. The van der Waals surface area contributed by atoms with E-state index in [0.29, 0.717) is 5.02 Å². The van der Waals surface area contributed by atoms with Gasteiger partial charge in [0.05, 0.1) is 35.6 Å². The van der Waals surface area contributed by atoms with Gasteiger partial charge >= 0.3 is 0 Å². The molecule has 1 aliphatic heterocycles. The Labute approximate surface area is 188 Å². The number of carbonyl (C=O) groups is 1. The number of alkyl halides is 2. The number of piperidine rings is 1. The summed E-state index contributed by atoms with van der Waals surface area (Å²) >= 11 is 5.74. The van der Waals surface area contributed by atoms with Gasteiger partial charge < -0.3 is 26.8 Å². The standard InChI is InChI=1S/C18H19ClF3N5O.C2H4N2/c1-10-5-18(21,22)9-27(16(28)13-4-12(20)2-3-14(13)23)15(10)8-26-17-24-6-11(19)7-25-17;3-1-2-4/h2-4,6-7,10,15H,5,8-9,23H2,1H3,(H,24,25,26);1-4H. The van der Waals surface area contributed by atoms with Crippen LogP contribution in [0.25, 0.3) is 0 Å². The van der Waals surface area contributed by atoms with Gasteiger partial charge in [0.15, 0.2) is 0 Å². The first kappa shape index (κ1) is 25.1. The lowest BCUT2D eigenvalue weighted by Crippen LogP contribution is -2.57.